The van der Waals surface area contributed by atoms with Gasteiger partial charge < -0.3 is 14.6 Å². The van der Waals surface area contributed by atoms with E-state index in [1.807, 2.05) is 38.1 Å². The third-order valence-electron chi connectivity index (χ3n) is 4.30. The quantitative estimate of drug-likeness (QED) is 0.775. The Hall–Kier alpha value is -2.80. The van der Waals surface area contributed by atoms with E-state index < -0.39 is 0 Å². The lowest BCUT2D eigenvalue weighted by atomic mass is 10.1. The Labute approximate surface area is 145 Å². The van der Waals surface area contributed by atoms with Crippen molar-refractivity contribution in [1.82, 2.24) is 24.8 Å². The summed E-state index contributed by atoms with van der Waals surface area (Å²) in [7, 11) is 0. The predicted octanol–water partition coefficient (Wildman–Crippen LogP) is 2.18. The van der Waals surface area contributed by atoms with Gasteiger partial charge in [-0.05, 0) is 38.1 Å². The lowest BCUT2D eigenvalue weighted by molar-refractivity contribution is -0.0268. The Kier molecular flexibility index (Phi) is 3.93. The first-order valence-electron chi connectivity index (χ1n) is 8.27. The van der Waals surface area contributed by atoms with E-state index in [0.29, 0.717) is 31.1 Å². The average Bonchev–Trinajstić information content (AvgIpc) is 3.00. The van der Waals surface area contributed by atoms with Crippen molar-refractivity contribution >= 4 is 16.9 Å². The summed E-state index contributed by atoms with van der Waals surface area (Å²) in [5, 5.41) is 0. The summed E-state index contributed by atoms with van der Waals surface area (Å²) in [5.41, 5.74) is 3.26. The van der Waals surface area contributed by atoms with Gasteiger partial charge in [-0.15, -0.1) is 0 Å². The van der Waals surface area contributed by atoms with Gasteiger partial charge in [-0.25, -0.2) is 15.0 Å². The number of aromatic nitrogens is 4. The van der Waals surface area contributed by atoms with Gasteiger partial charge in [0.2, 0.25) is 0 Å². The molecule has 7 heteroatoms. The van der Waals surface area contributed by atoms with Gasteiger partial charge in [0, 0.05) is 24.0 Å². The molecule has 1 fully saturated rings. The van der Waals surface area contributed by atoms with Gasteiger partial charge in [0.15, 0.2) is 5.82 Å². The first kappa shape index (κ1) is 15.7. The highest BCUT2D eigenvalue weighted by atomic mass is 16.5. The van der Waals surface area contributed by atoms with E-state index in [2.05, 4.69) is 19.9 Å². The lowest BCUT2D eigenvalue weighted by Gasteiger charge is -2.32. The van der Waals surface area contributed by atoms with Crippen LogP contribution in [0.4, 0.5) is 0 Å². The SMILES string of the molecule is Cc1ccnc([C@@H]2CN(C(=O)c3ccc4nc(C)[nH]c4c3)CCO2)n1. The molecule has 0 bridgehead atoms. The second-order valence-corrected chi connectivity index (χ2v) is 6.22. The van der Waals surface area contributed by atoms with Crippen molar-refractivity contribution < 1.29 is 9.53 Å². The molecule has 1 amide bonds. The zero-order chi connectivity index (χ0) is 17.4. The summed E-state index contributed by atoms with van der Waals surface area (Å²) >= 11 is 0. The van der Waals surface area contributed by atoms with E-state index in [1.165, 1.54) is 0 Å². The molecule has 25 heavy (non-hydrogen) atoms. The van der Waals surface area contributed by atoms with Gasteiger partial charge >= 0.3 is 0 Å². The van der Waals surface area contributed by atoms with Gasteiger partial charge in [0.25, 0.3) is 5.91 Å². The molecule has 0 aliphatic carbocycles. The number of aryl methyl sites for hydroxylation is 2. The molecule has 7 nitrogen and oxygen atoms in total. The molecule has 3 heterocycles. The molecule has 4 rings (SSSR count). The molecule has 3 aromatic rings. The van der Waals surface area contributed by atoms with E-state index in [-0.39, 0.29) is 12.0 Å². The number of amides is 1. The molecule has 0 spiro atoms. The van der Waals surface area contributed by atoms with Crippen LogP contribution in [0.3, 0.4) is 0 Å². The minimum Gasteiger partial charge on any atom is -0.367 e. The minimum atomic E-state index is -0.296. The molecule has 1 N–H and O–H groups in total. The molecular formula is C18H19N5O2. The minimum absolute atomic E-state index is 0.0184. The van der Waals surface area contributed by atoms with Crippen LogP contribution in [0, 0.1) is 13.8 Å². The molecule has 1 saturated heterocycles. The molecule has 1 aromatic carbocycles. The van der Waals surface area contributed by atoms with Gasteiger partial charge in [0.05, 0.1) is 24.2 Å². The van der Waals surface area contributed by atoms with Crippen LogP contribution in [0.15, 0.2) is 30.5 Å². The van der Waals surface area contributed by atoms with Gasteiger partial charge in [-0.2, -0.15) is 0 Å². The Balaban J connectivity index is 1.56. The molecule has 1 aliphatic heterocycles. The number of rotatable bonds is 2. The zero-order valence-corrected chi connectivity index (χ0v) is 14.2. The Morgan fingerprint density at radius 1 is 1.28 bits per heavy atom. The van der Waals surface area contributed by atoms with Crippen molar-refractivity contribution in [2.45, 2.75) is 20.0 Å². The van der Waals surface area contributed by atoms with E-state index in [9.17, 15) is 4.79 Å². The molecular weight excluding hydrogens is 318 g/mol. The number of nitrogens with zero attached hydrogens (tertiary/aromatic N) is 4. The number of carbonyl (C=O) groups excluding carboxylic acids is 1. The first-order valence-corrected chi connectivity index (χ1v) is 8.27. The number of ether oxygens (including phenoxy) is 1. The third-order valence-corrected chi connectivity index (χ3v) is 4.30. The van der Waals surface area contributed by atoms with E-state index in [1.54, 1.807) is 11.1 Å². The number of fused-ring (bicyclic) bond motifs is 1. The fourth-order valence-electron chi connectivity index (χ4n) is 3.07. The maximum Gasteiger partial charge on any atom is 0.254 e. The molecule has 1 aliphatic rings. The Morgan fingerprint density at radius 2 is 2.16 bits per heavy atom. The summed E-state index contributed by atoms with van der Waals surface area (Å²) in [4.78, 5) is 30.9. The Morgan fingerprint density at radius 3 is 3.00 bits per heavy atom. The van der Waals surface area contributed by atoms with E-state index in [4.69, 9.17) is 4.74 Å². The van der Waals surface area contributed by atoms with Crippen LogP contribution in [-0.4, -0.2) is 50.4 Å². The number of nitrogens with one attached hydrogen (secondary N) is 1. The van der Waals surface area contributed by atoms with Crippen molar-refractivity contribution in [3.63, 3.8) is 0 Å². The van der Waals surface area contributed by atoms with Crippen LogP contribution < -0.4 is 0 Å². The Bertz CT molecular complexity index is 936. The molecule has 128 valence electrons. The molecule has 2 aromatic heterocycles. The normalized spacial score (nSPS) is 17.8. The highest BCUT2D eigenvalue weighted by molar-refractivity contribution is 5.97. The zero-order valence-electron chi connectivity index (χ0n) is 14.2. The average molecular weight is 337 g/mol. The van der Waals surface area contributed by atoms with Crippen LogP contribution in [0.1, 0.15) is 33.8 Å². The number of hydrogen-bond acceptors (Lipinski definition) is 5. The predicted molar refractivity (Wildman–Crippen MR) is 92.2 cm³/mol. The van der Waals surface area contributed by atoms with Gasteiger partial charge in [-0.3, -0.25) is 4.79 Å². The summed E-state index contributed by atoms with van der Waals surface area (Å²) in [5.74, 6) is 1.44. The van der Waals surface area contributed by atoms with Gasteiger partial charge in [-0.1, -0.05) is 0 Å². The fraction of sp³-hybridized carbons (Fsp3) is 0.333. The number of morpholine rings is 1. The largest absolute Gasteiger partial charge is 0.367 e. The summed E-state index contributed by atoms with van der Waals surface area (Å²) < 4.78 is 5.77. The lowest BCUT2D eigenvalue weighted by Crippen LogP contribution is -2.42. The molecule has 0 saturated carbocycles. The highest BCUT2D eigenvalue weighted by Gasteiger charge is 2.28. The molecule has 0 radical (unpaired) electrons. The topological polar surface area (TPSA) is 84.0 Å². The summed E-state index contributed by atoms with van der Waals surface area (Å²) in [6.07, 6.45) is 1.42. The van der Waals surface area contributed by atoms with Crippen molar-refractivity contribution in [2.75, 3.05) is 19.7 Å². The van der Waals surface area contributed by atoms with Crippen molar-refractivity contribution in [2.24, 2.45) is 0 Å². The maximum absolute atomic E-state index is 12.9. The van der Waals surface area contributed by atoms with E-state index in [0.717, 1.165) is 22.6 Å². The van der Waals surface area contributed by atoms with Crippen molar-refractivity contribution in [3.05, 3.63) is 53.4 Å². The number of hydrogen-bond donors (Lipinski definition) is 1. The number of carbonyl (C=O) groups is 1. The van der Waals surface area contributed by atoms with Gasteiger partial charge in [0.1, 0.15) is 11.9 Å². The van der Waals surface area contributed by atoms with Crippen LogP contribution in [0.2, 0.25) is 0 Å². The van der Waals surface area contributed by atoms with E-state index >= 15 is 0 Å². The molecule has 1 atom stereocenters. The highest BCUT2D eigenvalue weighted by Crippen LogP contribution is 2.22. The number of H-pyrrole nitrogens is 1. The summed E-state index contributed by atoms with van der Waals surface area (Å²) in [6.45, 7) is 5.29. The second-order valence-electron chi connectivity index (χ2n) is 6.22. The van der Waals surface area contributed by atoms with Crippen LogP contribution >= 0.6 is 0 Å². The number of imidazole rings is 1. The second kappa shape index (κ2) is 6.25. The van der Waals surface area contributed by atoms with Crippen molar-refractivity contribution in [3.8, 4) is 0 Å². The number of aromatic amines is 1. The smallest absolute Gasteiger partial charge is 0.254 e. The standard InChI is InChI=1S/C18H19N5O2/c1-11-5-6-19-17(20-11)16-10-23(7-8-25-16)18(24)13-3-4-14-15(9-13)22-12(2)21-14/h3-6,9,16H,7-8,10H2,1-2H3,(H,21,22)/t16-/m0/s1. The first-order chi connectivity index (χ1) is 12.1. The van der Waals surface area contributed by atoms with Crippen LogP contribution in [0.5, 0.6) is 0 Å². The maximum atomic E-state index is 12.9. The number of benzene rings is 1. The third kappa shape index (κ3) is 3.10. The van der Waals surface area contributed by atoms with Crippen LogP contribution in [0.25, 0.3) is 11.0 Å². The van der Waals surface area contributed by atoms with Crippen molar-refractivity contribution in [1.29, 1.82) is 0 Å². The fourth-order valence-corrected chi connectivity index (χ4v) is 3.07. The van der Waals surface area contributed by atoms with Crippen LogP contribution in [-0.2, 0) is 4.74 Å². The molecule has 0 unspecified atom stereocenters. The summed E-state index contributed by atoms with van der Waals surface area (Å²) in [6, 6.07) is 7.38. The monoisotopic (exact) mass is 337 g/mol.